The fraction of sp³-hybridized carbons (Fsp3) is 0.429. The summed E-state index contributed by atoms with van der Waals surface area (Å²) in [4.78, 5) is 18.8. The van der Waals surface area contributed by atoms with Gasteiger partial charge in [0.25, 0.3) is 0 Å². The van der Waals surface area contributed by atoms with Gasteiger partial charge in [0.05, 0.1) is 0 Å². The molecular weight excluding hydrogens is 158 g/mol. The van der Waals surface area contributed by atoms with Crippen LogP contribution >= 0.6 is 0 Å². The number of rotatable bonds is 4. The predicted molar refractivity (Wildman–Crippen MR) is 44.1 cm³/mol. The summed E-state index contributed by atoms with van der Waals surface area (Å²) in [5.74, 6) is -0.256. The Morgan fingerprint density at radius 3 is 3.00 bits per heavy atom. The number of carbonyl (C=O) groups is 1. The van der Waals surface area contributed by atoms with Crippen molar-refractivity contribution in [1.82, 2.24) is 9.97 Å². The molecule has 0 radical (unpaired) electrons. The molecule has 0 aliphatic carbocycles. The number of carboxylic acids is 1. The van der Waals surface area contributed by atoms with Crippen molar-refractivity contribution in [3.8, 4) is 0 Å². The van der Waals surface area contributed by atoms with Gasteiger partial charge >= 0.3 is 5.97 Å². The first-order valence-corrected chi connectivity index (χ1v) is 3.70. The third-order valence-electron chi connectivity index (χ3n) is 1.49. The fourth-order valence-electron chi connectivity index (χ4n) is 0.930. The summed E-state index contributed by atoms with van der Waals surface area (Å²) >= 11 is 0. The molecule has 0 aliphatic heterocycles. The van der Waals surface area contributed by atoms with Crippen molar-refractivity contribution in [2.45, 2.75) is 6.92 Å². The maximum Gasteiger partial charge on any atom is 0.323 e. The van der Waals surface area contributed by atoms with Gasteiger partial charge < -0.3 is 15.0 Å². The molecule has 0 amide bonds. The Morgan fingerprint density at radius 1 is 1.83 bits per heavy atom. The van der Waals surface area contributed by atoms with Crippen LogP contribution in [-0.4, -0.2) is 34.1 Å². The molecule has 1 rings (SSSR count). The van der Waals surface area contributed by atoms with E-state index in [2.05, 4.69) is 9.97 Å². The number of aromatic nitrogens is 2. The van der Waals surface area contributed by atoms with Crippen LogP contribution in [0.2, 0.25) is 0 Å². The summed E-state index contributed by atoms with van der Waals surface area (Å²) in [5.41, 5.74) is 0. The Labute approximate surface area is 70.0 Å². The number of carboxylic acid groups (broad SMARTS) is 1. The Balaban J connectivity index is 2.63. The number of likely N-dealkylation sites (N-methyl/N-ethyl adjacent to an activating group) is 1. The second-order valence-corrected chi connectivity index (χ2v) is 2.32. The first-order chi connectivity index (χ1) is 5.74. The average Bonchev–Trinajstić information content (AvgIpc) is 2.51. The van der Waals surface area contributed by atoms with E-state index >= 15 is 0 Å². The zero-order chi connectivity index (χ0) is 8.97. The molecule has 2 N–H and O–H groups in total. The SMILES string of the molecule is CCN(CC(=O)O)c1ncc[nH]1. The molecule has 0 atom stereocenters. The summed E-state index contributed by atoms with van der Waals surface area (Å²) in [6.07, 6.45) is 3.26. The number of hydrogen-bond donors (Lipinski definition) is 2. The molecule has 0 spiro atoms. The van der Waals surface area contributed by atoms with Crippen LogP contribution in [0.4, 0.5) is 5.95 Å². The van der Waals surface area contributed by atoms with Crippen molar-refractivity contribution in [2.75, 3.05) is 18.0 Å². The Hall–Kier alpha value is -1.52. The van der Waals surface area contributed by atoms with E-state index in [1.54, 1.807) is 17.3 Å². The van der Waals surface area contributed by atoms with Crippen molar-refractivity contribution in [3.05, 3.63) is 12.4 Å². The van der Waals surface area contributed by atoms with Gasteiger partial charge in [0.1, 0.15) is 6.54 Å². The van der Waals surface area contributed by atoms with Gasteiger partial charge in [0.2, 0.25) is 5.95 Å². The molecule has 0 aliphatic rings. The highest BCUT2D eigenvalue weighted by Crippen LogP contribution is 2.03. The maximum atomic E-state index is 10.4. The summed E-state index contributed by atoms with van der Waals surface area (Å²) in [6.45, 7) is 2.48. The lowest BCUT2D eigenvalue weighted by atomic mass is 10.5. The molecule has 0 fully saturated rings. The van der Waals surface area contributed by atoms with Gasteiger partial charge in [0, 0.05) is 18.9 Å². The highest BCUT2D eigenvalue weighted by molar-refractivity contribution is 5.72. The van der Waals surface area contributed by atoms with E-state index < -0.39 is 5.97 Å². The number of H-pyrrole nitrogens is 1. The van der Waals surface area contributed by atoms with Crippen LogP contribution in [0, 0.1) is 0 Å². The molecule has 1 heterocycles. The lowest BCUT2D eigenvalue weighted by molar-refractivity contribution is -0.135. The largest absolute Gasteiger partial charge is 0.480 e. The van der Waals surface area contributed by atoms with Crippen LogP contribution in [0.15, 0.2) is 12.4 Å². The smallest absolute Gasteiger partial charge is 0.323 e. The second kappa shape index (κ2) is 3.75. The number of aromatic amines is 1. The third-order valence-corrected chi connectivity index (χ3v) is 1.49. The number of nitrogens with one attached hydrogen (secondary N) is 1. The predicted octanol–water partition coefficient (Wildman–Crippen LogP) is 0.321. The molecule has 1 aromatic rings. The standard InChI is InChI=1S/C7H11N3O2/c1-2-10(5-6(11)12)7-8-3-4-9-7/h3-4H,2,5H2,1H3,(H,8,9)(H,11,12). The van der Waals surface area contributed by atoms with E-state index in [1.807, 2.05) is 6.92 Å². The van der Waals surface area contributed by atoms with Crippen molar-refractivity contribution >= 4 is 11.9 Å². The number of aliphatic carboxylic acids is 1. The van der Waals surface area contributed by atoms with E-state index in [1.165, 1.54) is 0 Å². The van der Waals surface area contributed by atoms with Gasteiger partial charge in [0.15, 0.2) is 0 Å². The van der Waals surface area contributed by atoms with E-state index in [9.17, 15) is 4.79 Å². The Morgan fingerprint density at radius 2 is 2.58 bits per heavy atom. The molecule has 0 bridgehead atoms. The van der Waals surface area contributed by atoms with Gasteiger partial charge in [-0.1, -0.05) is 0 Å². The molecule has 12 heavy (non-hydrogen) atoms. The van der Waals surface area contributed by atoms with Crippen LogP contribution in [0.5, 0.6) is 0 Å². The summed E-state index contributed by atoms with van der Waals surface area (Å²) in [7, 11) is 0. The lowest BCUT2D eigenvalue weighted by Gasteiger charge is -2.16. The van der Waals surface area contributed by atoms with Crippen LogP contribution in [-0.2, 0) is 4.79 Å². The fourth-order valence-corrected chi connectivity index (χ4v) is 0.930. The summed E-state index contributed by atoms with van der Waals surface area (Å²) in [5, 5.41) is 8.53. The Bertz CT molecular complexity index is 245. The van der Waals surface area contributed by atoms with Crippen molar-refractivity contribution in [2.24, 2.45) is 0 Å². The summed E-state index contributed by atoms with van der Waals surface area (Å²) in [6, 6.07) is 0. The number of imidazole rings is 1. The van der Waals surface area contributed by atoms with Crippen LogP contribution in [0.1, 0.15) is 6.92 Å². The van der Waals surface area contributed by atoms with Crippen LogP contribution < -0.4 is 4.90 Å². The van der Waals surface area contributed by atoms with Crippen molar-refractivity contribution in [1.29, 1.82) is 0 Å². The number of anilines is 1. The first kappa shape index (κ1) is 8.58. The van der Waals surface area contributed by atoms with Crippen molar-refractivity contribution < 1.29 is 9.90 Å². The molecule has 0 aromatic carbocycles. The molecule has 5 nitrogen and oxygen atoms in total. The van der Waals surface area contributed by atoms with Gasteiger partial charge in [-0.05, 0) is 6.92 Å². The highest BCUT2D eigenvalue weighted by atomic mass is 16.4. The average molecular weight is 169 g/mol. The van der Waals surface area contributed by atoms with Crippen LogP contribution in [0.3, 0.4) is 0 Å². The minimum absolute atomic E-state index is 0.0238. The minimum Gasteiger partial charge on any atom is -0.480 e. The lowest BCUT2D eigenvalue weighted by Crippen LogP contribution is -2.30. The summed E-state index contributed by atoms with van der Waals surface area (Å²) < 4.78 is 0. The van der Waals surface area contributed by atoms with Gasteiger partial charge in [-0.3, -0.25) is 4.79 Å². The zero-order valence-electron chi connectivity index (χ0n) is 6.82. The number of nitrogens with zero attached hydrogens (tertiary/aromatic N) is 2. The topological polar surface area (TPSA) is 69.2 Å². The molecule has 0 unspecified atom stereocenters. The molecule has 66 valence electrons. The maximum absolute atomic E-state index is 10.4. The second-order valence-electron chi connectivity index (χ2n) is 2.32. The number of hydrogen-bond acceptors (Lipinski definition) is 3. The molecule has 0 saturated heterocycles. The quantitative estimate of drug-likeness (QED) is 0.681. The van der Waals surface area contributed by atoms with E-state index in [0.717, 1.165) is 0 Å². The van der Waals surface area contributed by atoms with E-state index in [0.29, 0.717) is 12.5 Å². The van der Waals surface area contributed by atoms with Gasteiger partial charge in [-0.15, -0.1) is 0 Å². The third kappa shape index (κ3) is 1.98. The van der Waals surface area contributed by atoms with Crippen molar-refractivity contribution in [3.63, 3.8) is 0 Å². The molecule has 5 heteroatoms. The first-order valence-electron chi connectivity index (χ1n) is 3.70. The normalized spacial score (nSPS) is 9.75. The van der Waals surface area contributed by atoms with E-state index in [4.69, 9.17) is 5.11 Å². The van der Waals surface area contributed by atoms with Gasteiger partial charge in [-0.2, -0.15) is 0 Å². The van der Waals surface area contributed by atoms with Crippen LogP contribution in [0.25, 0.3) is 0 Å². The molecule has 0 saturated carbocycles. The minimum atomic E-state index is -0.853. The Kier molecular flexibility index (Phi) is 2.68. The highest BCUT2D eigenvalue weighted by Gasteiger charge is 2.09. The van der Waals surface area contributed by atoms with Gasteiger partial charge in [-0.25, -0.2) is 4.98 Å². The monoisotopic (exact) mass is 169 g/mol. The molecular formula is C7H11N3O2. The zero-order valence-corrected chi connectivity index (χ0v) is 6.82. The van der Waals surface area contributed by atoms with E-state index in [-0.39, 0.29) is 6.54 Å². The molecule has 1 aromatic heterocycles.